The van der Waals surface area contributed by atoms with Gasteiger partial charge in [0.1, 0.15) is 5.00 Å². The fraction of sp³-hybridized carbons (Fsp3) is 0.381. The number of carbonyl (C=O) groups is 2. The zero-order chi connectivity index (χ0) is 20.1. The van der Waals surface area contributed by atoms with Crippen LogP contribution in [-0.4, -0.2) is 24.8 Å². The number of nitrogens with zero attached hydrogens (tertiary/aromatic N) is 1. The minimum absolute atomic E-state index is 0.298. The van der Waals surface area contributed by atoms with E-state index in [1.54, 1.807) is 13.1 Å². The van der Waals surface area contributed by atoms with E-state index in [2.05, 4.69) is 22.8 Å². The number of amides is 2. The first-order chi connectivity index (χ1) is 13.5. The van der Waals surface area contributed by atoms with E-state index in [-0.39, 0.29) is 5.97 Å². The Hall–Kier alpha value is -2.67. The zero-order valence-corrected chi connectivity index (χ0v) is 17.2. The second-order valence-electron chi connectivity index (χ2n) is 7.01. The number of hydrogen-bond donors (Lipinski definition) is 2. The summed E-state index contributed by atoms with van der Waals surface area (Å²) in [5, 5.41) is 7.27. The lowest BCUT2D eigenvalue weighted by atomic mass is 9.88. The number of fused-ring (bicyclic) bond motifs is 1. The van der Waals surface area contributed by atoms with Gasteiger partial charge in [-0.15, -0.1) is 11.3 Å². The number of hydrazone groups is 1. The SMILES string of the molecule is CCOC(=O)c1c(NC(=O)N/N=C/c2ccc(C)cc2)sc2c1CCC(C)C2. The van der Waals surface area contributed by atoms with Gasteiger partial charge in [-0.3, -0.25) is 5.32 Å². The lowest BCUT2D eigenvalue weighted by Gasteiger charge is -2.18. The molecule has 2 amide bonds. The summed E-state index contributed by atoms with van der Waals surface area (Å²) in [6.45, 7) is 6.28. The molecule has 0 fully saturated rings. The Morgan fingerprint density at radius 1 is 1.32 bits per heavy atom. The van der Waals surface area contributed by atoms with Crippen molar-refractivity contribution in [2.75, 3.05) is 11.9 Å². The third-order valence-corrected chi connectivity index (χ3v) is 5.85. The molecule has 28 heavy (non-hydrogen) atoms. The van der Waals surface area contributed by atoms with Gasteiger partial charge in [0.2, 0.25) is 0 Å². The molecule has 7 heteroatoms. The van der Waals surface area contributed by atoms with Crippen LogP contribution in [0.15, 0.2) is 29.4 Å². The third-order valence-electron chi connectivity index (χ3n) is 4.68. The number of ether oxygens (including phenoxy) is 1. The Morgan fingerprint density at radius 3 is 2.79 bits per heavy atom. The fourth-order valence-corrected chi connectivity index (χ4v) is 4.60. The maximum absolute atomic E-state index is 12.5. The van der Waals surface area contributed by atoms with Crippen LogP contribution in [0.1, 0.15) is 52.2 Å². The van der Waals surface area contributed by atoms with Crippen molar-refractivity contribution in [2.24, 2.45) is 11.0 Å². The van der Waals surface area contributed by atoms with Gasteiger partial charge in [0.05, 0.1) is 18.4 Å². The molecule has 2 aromatic rings. The average molecular weight is 400 g/mol. The topological polar surface area (TPSA) is 79.8 Å². The zero-order valence-electron chi connectivity index (χ0n) is 16.4. The van der Waals surface area contributed by atoms with E-state index in [4.69, 9.17) is 4.74 Å². The van der Waals surface area contributed by atoms with Gasteiger partial charge in [-0.2, -0.15) is 5.10 Å². The third kappa shape index (κ3) is 4.78. The summed E-state index contributed by atoms with van der Waals surface area (Å²) in [5.74, 6) is 0.190. The van der Waals surface area contributed by atoms with E-state index in [1.165, 1.54) is 11.3 Å². The molecule has 1 heterocycles. The van der Waals surface area contributed by atoms with E-state index in [0.717, 1.165) is 40.8 Å². The van der Waals surface area contributed by atoms with Crippen molar-refractivity contribution >= 4 is 34.6 Å². The number of aryl methyl sites for hydroxylation is 1. The molecule has 1 aromatic carbocycles. The summed E-state index contributed by atoms with van der Waals surface area (Å²) in [5.41, 5.74) is 6.01. The summed E-state index contributed by atoms with van der Waals surface area (Å²) >= 11 is 1.46. The summed E-state index contributed by atoms with van der Waals surface area (Å²) < 4.78 is 5.22. The van der Waals surface area contributed by atoms with E-state index in [0.29, 0.717) is 23.1 Å². The first-order valence-corrected chi connectivity index (χ1v) is 10.3. The van der Waals surface area contributed by atoms with Crippen LogP contribution in [0, 0.1) is 12.8 Å². The van der Waals surface area contributed by atoms with Crippen LogP contribution in [0.2, 0.25) is 0 Å². The van der Waals surface area contributed by atoms with E-state index < -0.39 is 6.03 Å². The predicted octanol–water partition coefficient (Wildman–Crippen LogP) is 4.51. The molecule has 0 bridgehead atoms. The first-order valence-electron chi connectivity index (χ1n) is 9.46. The monoisotopic (exact) mass is 399 g/mol. The molecule has 0 aliphatic heterocycles. The average Bonchev–Trinajstić information content (AvgIpc) is 3.00. The van der Waals surface area contributed by atoms with Crippen LogP contribution in [-0.2, 0) is 17.6 Å². The van der Waals surface area contributed by atoms with Crippen LogP contribution in [0.3, 0.4) is 0 Å². The molecule has 6 nitrogen and oxygen atoms in total. The van der Waals surface area contributed by atoms with Crippen LogP contribution in [0.25, 0.3) is 0 Å². The van der Waals surface area contributed by atoms with Crippen molar-refractivity contribution in [3.63, 3.8) is 0 Å². The van der Waals surface area contributed by atoms with Crippen molar-refractivity contribution in [1.82, 2.24) is 5.43 Å². The maximum Gasteiger partial charge on any atom is 0.341 e. The molecule has 1 aromatic heterocycles. The van der Waals surface area contributed by atoms with Crippen molar-refractivity contribution in [3.8, 4) is 0 Å². The Balaban J connectivity index is 1.72. The van der Waals surface area contributed by atoms with Crippen LogP contribution >= 0.6 is 11.3 Å². The van der Waals surface area contributed by atoms with Gasteiger partial charge < -0.3 is 4.74 Å². The Bertz CT molecular complexity index is 887. The maximum atomic E-state index is 12.5. The van der Waals surface area contributed by atoms with E-state index in [1.807, 2.05) is 31.2 Å². The lowest BCUT2D eigenvalue weighted by Crippen LogP contribution is -2.25. The highest BCUT2D eigenvalue weighted by Crippen LogP contribution is 2.40. The summed E-state index contributed by atoms with van der Waals surface area (Å²) in [6.07, 6.45) is 4.35. The molecule has 1 aliphatic carbocycles. The Morgan fingerprint density at radius 2 is 2.07 bits per heavy atom. The number of carbonyl (C=O) groups excluding carboxylic acids is 2. The standard InChI is InChI=1S/C21H25N3O3S/c1-4-27-20(25)18-16-10-7-14(3)11-17(16)28-19(18)23-21(26)24-22-12-15-8-5-13(2)6-9-15/h5-6,8-9,12,14H,4,7,10-11H2,1-3H3,(H2,23,24,26)/b22-12+. The Labute approximate surface area is 169 Å². The van der Waals surface area contributed by atoms with Gasteiger partial charge >= 0.3 is 12.0 Å². The number of nitrogens with one attached hydrogen (secondary N) is 2. The van der Waals surface area contributed by atoms with Gasteiger partial charge in [0, 0.05) is 4.88 Å². The molecule has 0 saturated carbocycles. The van der Waals surface area contributed by atoms with Gasteiger partial charge in [-0.05, 0) is 50.2 Å². The smallest absolute Gasteiger partial charge is 0.341 e. The quantitative estimate of drug-likeness (QED) is 0.441. The molecule has 1 aliphatic rings. The number of rotatable bonds is 5. The van der Waals surface area contributed by atoms with E-state index >= 15 is 0 Å². The van der Waals surface area contributed by atoms with Gasteiger partial charge in [0.15, 0.2) is 0 Å². The van der Waals surface area contributed by atoms with Crippen LogP contribution < -0.4 is 10.7 Å². The minimum Gasteiger partial charge on any atom is -0.462 e. The van der Waals surface area contributed by atoms with Crippen molar-refractivity contribution in [3.05, 3.63) is 51.4 Å². The second-order valence-corrected chi connectivity index (χ2v) is 8.12. The van der Waals surface area contributed by atoms with Crippen LogP contribution in [0.4, 0.5) is 9.80 Å². The van der Waals surface area contributed by atoms with Gasteiger partial charge in [-0.1, -0.05) is 36.8 Å². The number of esters is 1. The number of hydrogen-bond acceptors (Lipinski definition) is 5. The Kier molecular flexibility index (Phi) is 6.46. The molecule has 0 saturated heterocycles. The number of anilines is 1. The predicted molar refractivity (Wildman–Crippen MR) is 112 cm³/mol. The minimum atomic E-state index is -0.486. The highest BCUT2D eigenvalue weighted by atomic mass is 32.1. The highest BCUT2D eigenvalue weighted by Gasteiger charge is 2.29. The molecule has 0 spiro atoms. The first kappa shape index (κ1) is 20.1. The molecule has 1 atom stereocenters. The van der Waals surface area contributed by atoms with Crippen molar-refractivity contribution in [2.45, 2.75) is 40.0 Å². The molecule has 0 radical (unpaired) electrons. The lowest BCUT2D eigenvalue weighted by molar-refractivity contribution is 0.0526. The normalized spacial score (nSPS) is 15.9. The van der Waals surface area contributed by atoms with Gasteiger partial charge in [-0.25, -0.2) is 15.0 Å². The molecule has 1 unspecified atom stereocenters. The molecule has 2 N–H and O–H groups in total. The molecule has 3 rings (SSSR count). The van der Waals surface area contributed by atoms with Gasteiger partial charge in [0.25, 0.3) is 0 Å². The summed E-state index contributed by atoms with van der Waals surface area (Å²) in [4.78, 5) is 25.9. The molecule has 148 valence electrons. The molecular weight excluding hydrogens is 374 g/mol. The van der Waals surface area contributed by atoms with Crippen LogP contribution in [0.5, 0.6) is 0 Å². The fourth-order valence-electron chi connectivity index (χ4n) is 3.21. The second kappa shape index (κ2) is 9.01. The number of urea groups is 1. The number of thiophene rings is 1. The largest absolute Gasteiger partial charge is 0.462 e. The van der Waals surface area contributed by atoms with Crippen molar-refractivity contribution in [1.29, 1.82) is 0 Å². The summed E-state index contributed by atoms with van der Waals surface area (Å²) in [7, 11) is 0. The van der Waals surface area contributed by atoms with E-state index in [9.17, 15) is 9.59 Å². The highest BCUT2D eigenvalue weighted by molar-refractivity contribution is 7.17. The van der Waals surface area contributed by atoms with Crippen molar-refractivity contribution < 1.29 is 14.3 Å². The summed E-state index contributed by atoms with van der Waals surface area (Å²) in [6, 6.07) is 7.31. The molecular formula is C21H25N3O3S. The number of benzene rings is 1.